The summed E-state index contributed by atoms with van der Waals surface area (Å²) in [6.45, 7) is 5.78. The Labute approximate surface area is 209 Å². The lowest BCUT2D eigenvalue weighted by atomic mass is 10.0. The van der Waals surface area contributed by atoms with Crippen LogP contribution in [0.1, 0.15) is 57.6 Å². The summed E-state index contributed by atoms with van der Waals surface area (Å²) in [7, 11) is 0. The number of carbonyl (C=O) groups is 2. The monoisotopic (exact) mass is 491 g/mol. The number of halogens is 1. The summed E-state index contributed by atoms with van der Waals surface area (Å²) in [5.41, 5.74) is 1.80. The molecule has 7 heteroatoms. The molecule has 0 spiro atoms. The van der Waals surface area contributed by atoms with Crippen LogP contribution in [-0.2, 0) is 27.2 Å². The predicted molar refractivity (Wildman–Crippen MR) is 137 cm³/mol. The molecule has 1 unspecified atom stereocenters. The number of hydrogen-bond donors (Lipinski definition) is 2. The van der Waals surface area contributed by atoms with Crippen molar-refractivity contribution in [3.63, 3.8) is 0 Å². The highest BCUT2D eigenvalue weighted by atomic mass is 35.5. The van der Waals surface area contributed by atoms with E-state index in [1.807, 2.05) is 30.3 Å². The smallest absolute Gasteiger partial charge is 0.323 e. The second-order valence-corrected chi connectivity index (χ2v) is 9.19. The molecular formula is C27H38ClNO5. The number of rotatable bonds is 14. The van der Waals surface area contributed by atoms with Crippen LogP contribution in [0.3, 0.4) is 0 Å². The summed E-state index contributed by atoms with van der Waals surface area (Å²) in [5, 5.41) is 11.7. The molecule has 0 aromatic heterocycles. The Morgan fingerprint density at radius 2 is 1.56 bits per heavy atom. The van der Waals surface area contributed by atoms with Gasteiger partial charge in [0.15, 0.2) is 0 Å². The second-order valence-electron chi connectivity index (χ2n) is 9.19. The number of benzene rings is 2. The Morgan fingerprint density at radius 3 is 2.18 bits per heavy atom. The van der Waals surface area contributed by atoms with E-state index in [-0.39, 0.29) is 19.0 Å². The van der Waals surface area contributed by atoms with Crippen molar-refractivity contribution in [2.24, 2.45) is 0 Å². The van der Waals surface area contributed by atoms with Crippen LogP contribution in [0.15, 0.2) is 54.6 Å². The Balaban J connectivity index is 0.00000578. The summed E-state index contributed by atoms with van der Waals surface area (Å²) >= 11 is 0. The van der Waals surface area contributed by atoms with E-state index in [1.165, 1.54) is 5.56 Å². The largest absolute Gasteiger partial charge is 0.494 e. The molecule has 0 amide bonds. The van der Waals surface area contributed by atoms with Gasteiger partial charge >= 0.3 is 11.9 Å². The molecule has 0 heterocycles. The van der Waals surface area contributed by atoms with Crippen LogP contribution in [0.25, 0.3) is 0 Å². The van der Waals surface area contributed by atoms with Crippen molar-refractivity contribution >= 4 is 24.3 Å². The Kier molecular flexibility index (Phi) is 13.3. The Morgan fingerprint density at radius 1 is 0.912 bits per heavy atom. The van der Waals surface area contributed by atoms with Gasteiger partial charge in [0.05, 0.1) is 13.2 Å². The molecule has 2 aromatic rings. The third kappa shape index (κ3) is 12.6. The summed E-state index contributed by atoms with van der Waals surface area (Å²) in [5.74, 6) is -0.615. The van der Waals surface area contributed by atoms with E-state index >= 15 is 0 Å². The molecule has 0 aliphatic rings. The molecule has 0 bridgehead atoms. The van der Waals surface area contributed by atoms with Crippen molar-refractivity contribution in [3.05, 3.63) is 65.7 Å². The van der Waals surface area contributed by atoms with Gasteiger partial charge < -0.3 is 14.6 Å². The van der Waals surface area contributed by atoms with Gasteiger partial charge in [0.25, 0.3) is 0 Å². The zero-order chi connectivity index (χ0) is 24.1. The van der Waals surface area contributed by atoms with Crippen LogP contribution in [0.4, 0.5) is 0 Å². The van der Waals surface area contributed by atoms with Gasteiger partial charge in [-0.1, -0.05) is 42.5 Å². The maximum absolute atomic E-state index is 12.4. The molecule has 0 saturated carbocycles. The lowest BCUT2D eigenvalue weighted by molar-refractivity contribution is -0.157. The molecule has 2 N–H and O–H groups in total. The van der Waals surface area contributed by atoms with E-state index < -0.39 is 23.6 Å². The topological polar surface area (TPSA) is 84.9 Å². The van der Waals surface area contributed by atoms with Crippen LogP contribution in [0.5, 0.6) is 5.75 Å². The first-order chi connectivity index (χ1) is 15.7. The van der Waals surface area contributed by atoms with Crippen LogP contribution < -0.4 is 10.1 Å². The van der Waals surface area contributed by atoms with Crippen LogP contribution in [0, 0.1) is 0 Å². The van der Waals surface area contributed by atoms with Crippen molar-refractivity contribution in [3.8, 4) is 5.75 Å². The third-order valence-corrected chi connectivity index (χ3v) is 5.06. The molecule has 2 rings (SSSR count). The summed E-state index contributed by atoms with van der Waals surface area (Å²) in [6.07, 6.45) is 5.46. The molecule has 34 heavy (non-hydrogen) atoms. The summed E-state index contributed by atoms with van der Waals surface area (Å²) in [4.78, 5) is 23.3. The van der Waals surface area contributed by atoms with Gasteiger partial charge in [-0.3, -0.25) is 14.9 Å². The molecule has 188 valence electrons. The molecule has 0 aliphatic carbocycles. The van der Waals surface area contributed by atoms with Crippen molar-refractivity contribution in [1.82, 2.24) is 5.32 Å². The van der Waals surface area contributed by atoms with E-state index in [1.54, 1.807) is 20.8 Å². The van der Waals surface area contributed by atoms with E-state index in [2.05, 4.69) is 29.6 Å². The highest BCUT2D eigenvalue weighted by Crippen LogP contribution is 2.16. The SMILES string of the molecule is CC(C)(C)OC(=O)C(CCc1ccc(OCCCCCc2ccccc2)cc1)NCC(=O)O.Cl. The second kappa shape index (κ2) is 15.4. The first kappa shape index (κ1) is 29.5. The van der Waals surface area contributed by atoms with Crippen molar-refractivity contribution in [2.75, 3.05) is 13.2 Å². The normalized spacial score (nSPS) is 11.9. The average molecular weight is 492 g/mol. The molecular weight excluding hydrogens is 454 g/mol. The molecule has 0 saturated heterocycles. The van der Waals surface area contributed by atoms with E-state index in [0.717, 1.165) is 37.0 Å². The Bertz CT molecular complexity index is 850. The van der Waals surface area contributed by atoms with Gasteiger partial charge in [-0.05, 0) is 82.6 Å². The van der Waals surface area contributed by atoms with Crippen LogP contribution >= 0.6 is 12.4 Å². The fraction of sp³-hybridized carbons (Fsp3) is 0.481. The molecule has 0 aliphatic heterocycles. The zero-order valence-electron chi connectivity index (χ0n) is 20.4. The number of aliphatic carboxylic acids is 1. The van der Waals surface area contributed by atoms with E-state index in [9.17, 15) is 9.59 Å². The summed E-state index contributed by atoms with van der Waals surface area (Å²) in [6, 6.07) is 17.7. The van der Waals surface area contributed by atoms with Crippen LogP contribution in [-0.4, -0.2) is 41.8 Å². The van der Waals surface area contributed by atoms with Gasteiger partial charge in [-0.2, -0.15) is 0 Å². The number of unbranched alkanes of at least 4 members (excludes halogenated alkanes) is 2. The zero-order valence-corrected chi connectivity index (χ0v) is 21.2. The van der Waals surface area contributed by atoms with Gasteiger partial charge in [0.2, 0.25) is 0 Å². The minimum atomic E-state index is -1.01. The molecule has 2 aromatic carbocycles. The van der Waals surface area contributed by atoms with Gasteiger partial charge in [0, 0.05) is 0 Å². The van der Waals surface area contributed by atoms with E-state index in [0.29, 0.717) is 19.4 Å². The van der Waals surface area contributed by atoms with Crippen molar-refractivity contribution < 1.29 is 24.2 Å². The molecule has 1 atom stereocenters. The number of aryl methyl sites for hydroxylation is 2. The molecule has 0 radical (unpaired) electrons. The quantitative estimate of drug-likeness (QED) is 0.278. The number of esters is 1. The van der Waals surface area contributed by atoms with Crippen molar-refractivity contribution in [1.29, 1.82) is 0 Å². The van der Waals surface area contributed by atoms with Gasteiger partial charge in [-0.15, -0.1) is 12.4 Å². The Hall–Kier alpha value is -2.57. The fourth-order valence-electron chi connectivity index (χ4n) is 3.39. The highest BCUT2D eigenvalue weighted by Gasteiger charge is 2.25. The fourth-order valence-corrected chi connectivity index (χ4v) is 3.39. The van der Waals surface area contributed by atoms with Crippen molar-refractivity contribution in [2.45, 2.75) is 70.9 Å². The van der Waals surface area contributed by atoms with Crippen LogP contribution in [0.2, 0.25) is 0 Å². The molecule has 0 fully saturated rings. The maximum Gasteiger partial charge on any atom is 0.323 e. The lowest BCUT2D eigenvalue weighted by Gasteiger charge is -2.24. The number of ether oxygens (including phenoxy) is 2. The minimum absolute atomic E-state index is 0. The average Bonchev–Trinajstić information content (AvgIpc) is 2.76. The highest BCUT2D eigenvalue weighted by molar-refractivity contribution is 5.85. The summed E-state index contributed by atoms with van der Waals surface area (Å²) < 4.78 is 11.3. The number of carboxylic acid groups (broad SMARTS) is 1. The first-order valence-corrected chi connectivity index (χ1v) is 11.7. The number of nitrogens with one attached hydrogen (secondary N) is 1. The number of hydrogen-bond acceptors (Lipinski definition) is 5. The van der Waals surface area contributed by atoms with E-state index in [4.69, 9.17) is 14.6 Å². The molecule has 6 nitrogen and oxygen atoms in total. The number of carbonyl (C=O) groups excluding carboxylic acids is 1. The van der Waals surface area contributed by atoms with Gasteiger partial charge in [-0.25, -0.2) is 0 Å². The number of carboxylic acids is 1. The standard InChI is InChI=1S/C27H37NO5.ClH/c1-27(2,3)33-26(31)24(28-20-25(29)30)18-15-22-13-16-23(17-14-22)32-19-9-5-8-12-21-10-6-4-7-11-21;/h4,6-7,10-11,13-14,16-17,24,28H,5,8-9,12,15,18-20H2,1-3H3,(H,29,30);1H. The third-order valence-electron chi connectivity index (χ3n) is 5.06. The van der Waals surface area contributed by atoms with Gasteiger partial charge in [0.1, 0.15) is 17.4 Å². The lowest BCUT2D eigenvalue weighted by Crippen LogP contribution is -2.43. The predicted octanol–water partition coefficient (Wildman–Crippen LogP) is 5.22. The first-order valence-electron chi connectivity index (χ1n) is 11.7. The minimum Gasteiger partial charge on any atom is -0.494 e. The maximum atomic E-state index is 12.4.